The highest BCUT2D eigenvalue weighted by atomic mass is 35.5. The molecule has 2 nitrogen and oxygen atoms in total. The summed E-state index contributed by atoms with van der Waals surface area (Å²) >= 11 is 0. The maximum Gasteiger partial charge on any atom is 0.00960 e. The fourth-order valence-corrected chi connectivity index (χ4v) is 3.97. The van der Waals surface area contributed by atoms with Crippen molar-refractivity contribution in [2.45, 2.75) is 37.8 Å². The smallest absolute Gasteiger partial charge is 0.00960 e. The first-order chi connectivity index (χ1) is 5.75. The molecular weight excluding hydrogens is 219 g/mol. The first kappa shape index (κ1) is 12.6. The topological polar surface area (TPSA) is 52.0 Å². The maximum atomic E-state index is 6.17. The third kappa shape index (κ3) is 1.57. The van der Waals surface area contributed by atoms with Gasteiger partial charge in [-0.1, -0.05) is 0 Å². The minimum Gasteiger partial charge on any atom is -0.327 e. The van der Waals surface area contributed by atoms with E-state index in [4.69, 9.17) is 11.5 Å². The van der Waals surface area contributed by atoms with Gasteiger partial charge in [0.25, 0.3) is 0 Å². The molecule has 0 amide bonds. The summed E-state index contributed by atoms with van der Waals surface area (Å²) in [4.78, 5) is 0. The zero-order valence-corrected chi connectivity index (χ0v) is 9.90. The quantitative estimate of drug-likeness (QED) is 0.673. The average molecular weight is 239 g/mol. The van der Waals surface area contributed by atoms with Crippen LogP contribution in [0.2, 0.25) is 0 Å². The lowest BCUT2D eigenvalue weighted by atomic mass is 9.52. The molecule has 0 unspecified atom stereocenters. The van der Waals surface area contributed by atoms with Gasteiger partial charge in [-0.05, 0) is 49.4 Å². The van der Waals surface area contributed by atoms with Gasteiger partial charge < -0.3 is 11.5 Å². The number of rotatable bonds is 0. The van der Waals surface area contributed by atoms with E-state index in [-0.39, 0.29) is 24.8 Å². The minimum absolute atomic E-state index is 0. The summed E-state index contributed by atoms with van der Waals surface area (Å²) in [6.07, 6.45) is 5.31. The van der Waals surface area contributed by atoms with Gasteiger partial charge in [0.15, 0.2) is 0 Å². The Bertz CT molecular complexity index is 162. The van der Waals surface area contributed by atoms with Gasteiger partial charge in [-0.3, -0.25) is 0 Å². The number of nitrogens with two attached hydrogens (primary N) is 2. The fraction of sp³-hybridized carbons (Fsp3) is 1.00. The summed E-state index contributed by atoms with van der Waals surface area (Å²) in [5, 5.41) is 0. The Balaban J connectivity index is 0.000000490. The molecule has 0 spiro atoms. The Hall–Kier alpha value is 0.500. The molecule has 4 fully saturated rings. The molecule has 0 heterocycles. The average Bonchev–Trinajstić information content (AvgIpc) is 2.02. The minimum atomic E-state index is 0. The highest BCUT2D eigenvalue weighted by Gasteiger charge is 2.50. The van der Waals surface area contributed by atoms with Crippen LogP contribution in [-0.4, -0.2) is 12.1 Å². The van der Waals surface area contributed by atoms with E-state index < -0.39 is 0 Å². The van der Waals surface area contributed by atoms with Crippen molar-refractivity contribution in [3.63, 3.8) is 0 Å². The Morgan fingerprint density at radius 2 is 0.786 bits per heavy atom. The molecule has 4 aliphatic rings. The second-order valence-corrected chi connectivity index (χ2v) is 5.14. The third-order valence-corrected chi connectivity index (χ3v) is 4.60. The van der Waals surface area contributed by atoms with Gasteiger partial charge in [0, 0.05) is 12.1 Å². The SMILES string of the molecule is Cl.Cl.NC1C2CC3CC1CC(C2)C3N. The summed E-state index contributed by atoms with van der Waals surface area (Å²) < 4.78 is 0. The van der Waals surface area contributed by atoms with Gasteiger partial charge in [-0.2, -0.15) is 0 Å². The lowest BCUT2D eigenvalue weighted by Gasteiger charge is -2.56. The predicted octanol–water partition coefficient (Wildman–Crippen LogP) is 1.55. The second-order valence-electron chi connectivity index (χ2n) is 5.14. The Labute approximate surface area is 98.0 Å². The Kier molecular flexibility index (Phi) is 3.74. The van der Waals surface area contributed by atoms with E-state index in [1.165, 1.54) is 25.7 Å². The molecule has 0 saturated heterocycles. The van der Waals surface area contributed by atoms with E-state index in [9.17, 15) is 0 Å². The number of halogens is 2. The van der Waals surface area contributed by atoms with Crippen LogP contribution in [0.1, 0.15) is 25.7 Å². The van der Waals surface area contributed by atoms with Crippen molar-refractivity contribution < 1.29 is 0 Å². The van der Waals surface area contributed by atoms with E-state index in [2.05, 4.69) is 0 Å². The van der Waals surface area contributed by atoms with Crippen LogP contribution in [0, 0.1) is 23.7 Å². The first-order valence-corrected chi connectivity index (χ1v) is 5.27. The Morgan fingerprint density at radius 1 is 0.571 bits per heavy atom. The van der Waals surface area contributed by atoms with E-state index in [0.29, 0.717) is 12.1 Å². The molecule has 0 aromatic carbocycles. The van der Waals surface area contributed by atoms with Gasteiger partial charge in [-0.15, -0.1) is 24.8 Å². The molecule has 4 heteroatoms. The standard InChI is InChI=1S/C10H18N2.2ClH/c11-9-5-1-6-3-8(9)4-7(2-5)10(6)12;;/h5-10H,1-4,11-12H2;2*1H. The normalized spacial score (nSPS) is 53.6. The number of hydrogen-bond acceptors (Lipinski definition) is 2. The molecular formula is C10H20Cl2N2. The van der Waals surface area contributed by atoms with Crippen LogP contribution in [0.15, 0.2) is 0 Å². The predicted molar refractivity (Wildman–Crippen MR) is 62.9 cm³/mol. The molecule has 0 aliphatic heterocycles. The van der Waals surface area contributed by atoms with E-state index in [1.54, 1.807) is 0 Å². The lowest BCUT2D eigenvalue weighted by Crippen LogP contribution is -2.60. The summed E-state index contributed by atoms with van der Waals surface area (Å²) in [5.74, 6) is 3.30. The molecule has 0 aromatic rings. The summed E-state index contributed by atoms with van der Waals surface area (Å²) in [6.45, 7) is 0. The molecule has 4 aliphatic carbocycles. The zero-order chi connectivity index (χ0) is 8.29. The summed E-state index contributed by atoms with van der Waals surface area (Å²) in [5.41, 5.74) is 12.3. The molecule has 4 bridgehead atoms. The van der Waals surface area contributed by atoms with Gasteiger partial charge >= 0.3 is 0 Å². The van der Waals surface area contributed by atoms with Crippen LogP contribution < -0.4 is 11.5 Å². The number of hydrogen-bond donors (Lipinski definition) is 2. The van der Waals surface area contributed by atoms with Crippen LogP contribution in [0.25, 0.3) is 0 Å². The summed E-state index contributed by atoms with van der Waals surface area (Å²) in [7, 11) is 0. The zero-order valence-electron chi connectivity index (χ0n) is 8.26. The molecule has 84 valence electrons. The fourth-order valence-electron chi connectivity index (χ4n) is 3.97. The maximum absolute atomic E-state index is 6.17. The van der Waals surface area contributed by atoms with Crippen molar-refractivity contribution in [2.24, 2.45) is 35.1 Å². The van der Waals surface area contributed by atoms with E-state index in [0.717, 1.165) is 23.7 Å². The molecule has 14 heavy (non-hydrogen) atoms. The molecule has 4 N–H and O–H groups in total. The molecule has 4 saturated carbocycles. The van der Waals surface area contributed by atoms with Crippen molar-refractivity contribution in [1.29, 1.82) is 0 Å². The third-order valence-electron chi connectivity index (χ3n) is 4.60. The first-order valence-electron chi connectivity index (χ1n) is 5.27. The van der Waals surface area contributed by atoms with Crippen LogP contribution in [-0.2, 0) is 0 Å². The van der Waals surface area contributed by atoms with Crippen molar-refractivity contribution >= 4 is 24.8 Å². The Morgan fingerprint density at radius 3 is 1.00 bits per heavy atom. The van der Waals surface area contributed by atoms with Crippen LogP contribution in [0.4, 0.5) is 0 Å². The summed E-state index contributed by atoms with van der Waals surface area (Å²) in [6, 6.07) is 1.04. The van der Waals surface area contributed by atoms with Gasteiger partial charge in [0.05, 0.1) is 0 Å². The molecule has 0 atom stereocenters. The molecule has 0 aromatic heterocycles. The van der Waals surface area contributed by atoms with Gasteiger partial charge in [0.1, 0.15) is 0 Å². The van der Waals surface area contributed by atoms with Crippen LogP contribution >= 0.6 is 24.8 Å². The van der Waals surface area contributed by atoms with E-state index in [1.807, 2.05) is 0 Å². The van der Waals surface area contributed by atoms with Gasteiger partial charge in [-0.25, -0.2) is 0 Å². The highest BCUT2D eigenvalue weighted by Crippen LogP contribution is 2.52. The monoisotopic (exact) mass is 238 g/mol. The van der Waals surface area contributed by atoms with Crippen molar-refractivity contribution in [1.82, 2.24) is 0 Å². The molecule has 0 radical (unpaired) electrons. The van der Waals surface area contributed by atoms with E-state index >= 15 is 0 Å². The lowest BCUT2D eigenvalue weighted by molar-refractivity contribution is -0.0171. The second kappa shape index (κ2) is 4.17. The highest BCUT2D eigenvalue weighted by molar-refractivity contribution is 5.85. The van der Waals surface area contributed by atoms with Crippen molar-refractivity contribution in [3.05, 3.63) is 0 Å². The van der Waals surface area contributed by atoms with Crippen molar-refractivity contribution in [2.75, 3.05) is 0 Å². The largest absolute Gasteiger partial charge is 0.327 e. The van der Waals surface area contributed by atoms with Crippen LogP contribution in [0.3, 0.4) is 0 Å². The van der Waals surface area contributed by atoms with Crippen molar-refractivity contribution in [3.8, 4) is 0 Å². The van der Waals surface area contributed by atoms with Crippen LogP contribution in [0.5, 0.6) is 0 Å². The molecule has 4 rings (SSSR count). The van der Waals surface area contributed by atoms with Gasteiger partial charge in [0.2, 0.25) is 0 Å².